The maximum Gasteiger partial charge on any atom is 0.162 e. The van der Waals surface area contributed by atoms with E-state index in [0.717, 1.165) is 5.56 Å². The first-order valence-corrected chi connectivity index (χ1v) is 5.26. The molecule has 3 nitrogen and oxygen atoms in total. The number of rotatable bonds is 6. The maximum atomic E-state index is 10.6. The van der Waals surface area contributed by atoms with Gasteiger partial charge in [-0.25, -0.2) is 0 Å². The average molecular weight is 226 g/mol. The third-order valence-corrected chi connectivity index (χ3v) is 2.17. The summed E-state index contributed by atoms with van der Waals surface area (Å²) in [6.07, 6.45) is 3.85. The molecule has 0 aromatic heterocycles. The van der Waals surface area contributed by atoms with Crippen LogP contribution in [0.15, 0.2) is 54.8 Å². The van der Waals surface area contributed by atoms with Crippen molar-refractivity contribution in [2.24, 2.45) is 0 Å². The van der Waals surface area contributed by atoms with Crippen LogP contribution in [0, 0.1) is 11.3 Å². The normalized spacial score (nSPS) is 10.4. The molecule has 0 aliphatic rings. The number of aldehydes is 1. The Balaban J connectivity index is 2.80. The Hall–Kier alpha value is -2.34. The zero-order chi connectivity index (χ0) is 12.5. The number of nitrogens with zero attached hydrogens (tertiary/aromatic N) is 2. The summed E-state index contributed by atoms with van der Waals surface area (Å²) in [6.45, 7) is 4.89. The maximum absolute atomic E-state index is 10.6. The van der Waals surface area contributed by atoms with Crippen LogP contribution in [0.25, 0.3) is 0 Å². The van der Waals surface area contributed by atoms with E-state index < -0.39 is 0 Å². The minimum Gasteiger partial charge on any atom is -0.368 e. The second-order valence-electron chi connectivity index (χ2n) is 3.52. The second kappa shape index (κ2) is 7.02. The summed E-state index contributed by atoms with van der Waals surface area (Å²) in [7, 11) is 0. The van der Waals surface area contributed by atoms with E-state index in [9.17, 15) is 4.79 Å². The third kappa shape index (κ3) is 4.35. The van der Waals surface area contributed by atoms with Gasteiger partial charge in [-0.2, -0.15) is 5.26 Å². The number of nitriles is 1. The van der Waals surface area contributed by atoms with Crippen LogP contribution in [0.2, 0.25) is 0 Å². The lowest BCUT2D eigenvalue weighted by atomic mass is 10.2. The van der Waals surface area contributed by atoms with Crippen LogP contribution in [0.5, 0.6) is 0 Å². The highest BCUT2D eigenvalue weighted by Crippen LogP contribution is 2.06. The molecule has 17 heavy (non-hydrogen) atoms. The number of carbonyl (C=O) groups excluding carboxylic acids is 1. The van der Waals surface area contributed by atoms with Crippen LogP contribution in [-0.2, 0) is 11.3 Å². The molecule has 0 bridgehead atoms. The van der Waals surface area contributed by atoms with Gasteiger partial charge in [-0.3, -0.25) is 4.79 Å². The molecule has 0 aliphatic carbocycles. The van der Waals surface area contributed by atoms with Crippen LogP contribution >= 0.6 is 0 Å². The fourth-order valence-corrected chi connectivity index (χ4v) is 1.43. The van der Waals surface area contributed by atoms with Crippen molar-refractivity contribution in [3.8, 4) is 6.07 Å². The molecule has 0 saturated carbocycles. The smallest absolute Gasteiger partial charge is 0.162 e. The predicted molar refractivity (Wildman–Crippen MR) is 66.8 cm³/mol. The number of hydrogen-bond acceptors (Lipinski definition) is 3. The Morgan fingerprint density at radius 1 is 1.41 bits per heavy atom. The Labute approximate surface area is 101 Å². The third-order valence-electron chi connectivity index (χ3n) is 2.17. The van der Waals surface area contributed by atoms with E-state index in [1.807, 2.05) is 41.3 Å². The van der Waals surface area contributed by atoms with Crippen molar-refractivity contribution in [2.75, 3.05) is 6.54 Å². The van der Waals surface area contributed by atoms with Gasteiger partial charge < -0.3 is 4.90 Å². The Morgan fingerprint density at radius 2 is 2.12 bits per heavy atom. The first kappa shape index (κ1) is 12.7. The predicted octanol–water partition coefficient (Wildman–Crippen LogP) is 2.28. The van der Waals surface area contributed by atoms with Crippen molar-refractivity contribution in [1.82, 2.24) is 4.90 Å². The summed E-state index contributed by atoms with van der Waals surface area (Å²) in [5.41, 5.74) is 1.23. The number of allylic oxidation sites excluding steroid dienone is 1. The molecule has 0 spiro atoms. The highest BCUT2D eigenvalue weighted by atomic mass is 16.1. The molecule has 0 N–H and O–H groups in total. The van der Waals surface area contributed by atoms with E-state index in [4.69, 9.17) is 5.26 Å². The first-order valence-electron chi connectivity index (χ1n) is 5.26. The molecule has 0 atom stereocenters. The monoisotopic (exact) mass is 226 g/mol. The standard InChI is InChI=1S/C14H14N2O/c1-2-8-16(11-14(9-15)12-17)10-13-6-4-3-5-7-13/h2-7,11-12H,1,8,10H2/b14-11+. The van der Waals surface area contributed by atoms with Crippen LogP contribution in [0.3, 0.4) is 0 Å². The highest BCUT2D eigenvalue weighted by Gasteiger charge is 2.01. The molecule has 0 radical (unpaired) electrons. The van der Waals surface area contributed by atoms with Gasteiger partial charge in [0.1, 0.15) is 11.6 Å². The van der Waals surface area contributed by atoms with Gasteiger partial charge in [-0.05, 0) is 5.56 Å². The van der Waals surface area contributed by atoms with Gasteiger partial charge in [0.25, 0.3) is 0 Å². The van der Waals surface area contributed by atoms with Gasteiger partial charge in [-0.1, -0.05) is 36.4 Å². The Bertz CT molecular complexity index is 443. The molecule has 0 saturated heterocycles. The minimum absolute atomic E-state index is 0.114. The molecule has 0 unspecified atom stereocenters. The minimum atomic E-state index is 0.114. The molecule has 0 amide bonds. The van der Waals surface area contributed by atoms with E-state index in [1.165, 1.54) is 0 Å². The van der Waals surface area contributed by atoms with Gasteiger partial charge >= 0.3 is 0 Å². The molecule has 3 heteroatoms. The van der Waals surface area contributed by atoms with Crippen molar-refractivity contribution >= 4 is 6.29 Å². The van der Waals surface area contributed by atoms with Crippen LogP contribution < -0.4 is 0 Å². The Kier molecular flexibility index (Phi) is 5.26. The lowest BCUT2D eigenvalue weighted by molar-refractivity contribution is -0.104. The van der Waals surface area contributed by atoms with Crippen molar-refractivity contribution in [3.63, 3.8) is 0 Å². The van der Waals surface area contributed by atoms with Crippen molar-refractivity contribution in [3.05, 3.63) is 60.3 Å². The number of hydrogen-bond donors (Lipinski definition) is 0. The Morgan fingerprint density at radius 3 is 2.65 bits per heavy atom. The topological polar surface area (TPSA) is 44.1 Å². The summed E-state index contributed by atoms with van der Waals surface area (Å²) in [5, 5.41) is 8.71. The van der Waals surface area contributed by atoms with Crippen LogP contribution in [0.4, 0.5) is 0 Å². The zero-order valence-corrected chi connectivity index (χ0v) is 9.54. The average Bonchev–Trinajstić information content (AvgIpc) is 2.37. The highest BCUT2D eigenvalue weighted by molar-refractivity contribution is 5.78. The van der Waals surface area contributed by atoms with Gasteiger partial charge in [0.15, 0.2) is 6.29 Å². The van der Waals surface area contributed by atoms with Gasteiger partial charge in [0.2, 0.25) is 0 Å². The molecule has 0 heterocycles. The van der Waals surface area contributed by atoms with E-state index in [2.05, 4.69) is 6.58 Å². The summed E-state index contributed by atoms with van der Waals surface area (Å²) < 4.78 is 0. The molecular weight excluding hydrogens is 212 g/mol. The van der Waals surface area contributed by atoms with E-state index >= 15 is 0 Å². The van der Waals surface area contributed by atoms with E-state index in [-0.39, 0.29) is 5.57 Å². The lowest BCUT2D eigenvalue weighted by Crippen LogP contribution is -2.17. The quantitative estimate of drug-likeness (QED) is 0.323. The molecular formula is C14H14N2O. The van der Waals surface area contributed by atoms with E-state index in [1.54, 1.807) is 12.3 Å². The lowest BCUT2D eigenvalue weighted by Gasteiger charge is -2.18. The van der Waals surface area contributed by atoms with E-state index in [0.29, 0.717) is 19.4 Å². The summed E-state index contributed by atoms with van der Waals surface area (Å²) in [6, 6.07) is 11.7. The molecule has 1 aromatic carbocycles. The molecule has 86 valence electrons. The summed E-state index contributed by atoms with van der Waals surface area (Å²) >= 11 is 0. The van der Waals surface area contributed by atoms with Crippen LogP contribution in [0.1, 0.15) is 5.56 Å². The van der Waals surface area contributed by atoms with Crippen molar-refractivity contribution in [1.29, 1.82) is 5.26 Å². The molecule has 0 aliphatic heterocycles. The van der Waals surface area contributed by atoms with Crippen molar-refractivity contribution in [2.45, 2.75) is 6.54 Å². The molecule has 1 aromatic rings. The second-order valence-corrected chi connectivity index (χ2v) is 3.52. The summed E-state index contributed by atoms with van der Waals surface area (Å²) in [5.74, 6) is 0. The fourth-order valence-electron chi connectivity index (χ4n) is 1.43. The first-order chi connectivity index (χ1) is 8.30. The molecule has 1 rings (SSSR count). The molecule has 0 fully saturated rings. The van der Waals surface area contributed by atoms with Crippen molar-refractivity contribution < 1.29 is 4.79 Å². The van der Waals surface area contributed by atoms with Gasteiger partial charge in [0, 0.05) is 19.3 Å². The van der Waals surface area contributed by atoms with Gasteiger partial charge in [-0.15, -0.1) is 6.58 Å². The largest absolute Gasteiger partial charge is 0.368 e. The van der Waals surface area contributed by atoms with Gasteiger partial charge in [0.05, 0.1) is 0 Å². The van der Waals surface area contributed by atoms with Crippen LogP contribution in [-0.4, -0.2) is 17.7 Å². The number of carbonyl (C=O) groups is 1. The zero-order valence-electron chi connectivity index (χ0n) is 9.54. The fraction of sp³-hybridized carbons (Fsp3) is 0.143. The number of benzene rings is 1. The summed E-state index contributed by atoms with van der Waals surface area (Å²) in [4.78, 5) is 12.5. The SMILES string of the molecule is C=CCN(/C=C(\C#N)C=O)Cc1ccccc1.